The van der Waals surface area contributed by atoms with Gasteiger partial charge in [0.25, 0.3) is 5.91 Å². The van der Waals surface area contributed by atoms with E-state index in [0.29, 0.717) is 4.88 Å². The van der Waals surface area contributed by atoms with Crippen molar-refractivity contribution in [3.63, 3.8) is 0 Å². The summed E-state index contributed by atoms with van der Waals surface area (Å²) in [5.74, 6) is 0.0301. The fourth-order valence-electron chi connectivity index (χ4n) is 2.79. The smallest absolute Gasteiger partial charge is 0.265 e. The van der Waals surface area contributed by atoms with Gasteiger partial charge in [0, 0.05) is 12.2 Å². The number of benzene rings is 1. The predicted octanol–water partition coefficient (Wildman–Crippen LogP) is 3.95. The Morgan fingerprint density at radius 2 is 1.92 bits per heavy atom. The van der Waals surface area contributed by atoms with Crippen molar-refractivity contribution in [3.05, 3.63) is 52.2 Å². The molecule has 1 fully saturated rings. The van der Waals surface area contributed by atoms with E-state index in [1.165, 1.54) is 11.3 Å². The highest BCUT2D eigenvalue weighted by atomic mass is 32.1. The molecule has 0 atom stereocenters. The lowest BCUT2D eigenvalue weighted by Gasteiger charge is -2.16. The molecule has 1 aliphatic rings. The van der Waals surface area contributed by atoms with Crippen LogP contribution in [0.5, 0.6) is 0 Å². The summed E-state index contributed by atoms with van der Waals surface area (Å²) in [6.45, 7) is 2.86. The molecular weight excluding hydrogens is 320 g/mol. The Morgan fingerprint density at radius 1 is 1.17 bits per heavy atom. The average Bonchev–Trinajstić information content (AvgIpc) is 3.22. The Hall–Kier alpha value is -2.14. The van der Waals surface area contributed by atoms with Gasteiger partial charge < -0.3 is 10.6 Å². The number of rotatable bonds is 7. The second-order valence-electron chi connectivity index (χ2n) is 6.20. The maximum absolute atomic E-state index is 12.4. The predicted molar refractivity (Wildman–Crippen MR) is 97.5 cm³/mol. The van der Waals surface area contributed by atoms with Crippen molar-refractivity contribution >= 4 is 28.8 Å². The van der Waals surface area contributed by atoms with Crippen LogP contribution in [0, 0.1) is 0 Å². The molecule has 1 aliphatic carbocycles. The van der Waals surface area contributed by atoms with Gasteiger partial charge in [-0.2, -0.15) is 0 Å². The SMILES string of the molecule is CCCCNC(=O)C1(c2ccc(NC(=O)c3cccs3)cc2)CC1. The minimum atomic E-state index is -0.357. The third-order valence-electron chi connectivity index (χ3n) is 4.44. The first-order chi connectivity index (χ1) is 11.7. The lowest BCUT2D eigenvalue weighted by Crippen LogP contribution is -2.35. The fraction of sp³-hybridized carbons (Fsp3) is 0.368. The van der Waals surface area contributed by atoms with E-state index in [4.69, 9.17) is 0 Å². The standard InChI is InChI=1S/C19H22N2O2S/c1-2-3-12-20-18(23)19(10-11-19)14-6-8-15(9-7-14)21-17(22)16-5-4-13-24-16/h4-9,13H,2-3,10-12H2,1H3,(H,20,23)(H,21,22). The van der Waals surface area contributed by atoms with Crippen molar-refractivity contribution in [3.8, 4) is 0 Å². The van der Waals surface area contributed by atoms with E-state index in [-0.39, 0.29) is 17.2 Å². The summed E-state index contributed by atoms with van der Waals surface area (Å²) in [5, 5.41) is 7.81. The third kappa shape index (κ3) is 3.51. The molecule has 0 unspecified atom stereocenters. The van der Waals surface area contributed by atoms with Gasteiger partial charge in [0.1, 0.15) is 0 Å². The Labute approximate surface area is 146 Å². The summed E-state index contributed by atoms with van der Waals surface area (Å²) in [6, 6.07) is 11.3. The number of nitrogens with one attached hydrogen (secondary N) is 2. The molecule has 126 valence electrons. The number of carbonyl (C=O) groups excluding carboxylic acids is 2. The van der Waals surface area contributed by atoms with E-state index in [0.717, 1.165) is 43.5 Å². The molecule has 1 aromatic carbocycles. The minimum absolute atomic E-state index is 0.101. The number of hydrogen-bond donors (Lipinski definition) is 2. The van der Waals surface area contributed by atoms with Crippen LogP contribution in [0.25, 0.3) is 0 Å². The number of unbranched alkanes of at least 4 members (excludes halogenated alkanes) is 1. The molecular formula is C19H22N2O2S. The van der Waals surface area contributed by atoms with Gasteiger partial charge >= 0.3 is 0 Å². The van der Waals surface area contributed by atoms with Crippen LogP contribution in [0.3, 0.4) is 0 Å². The maximum Gasteiger partial charge on any atom is 0.265 e. The van der Waals surface area contributed by atoms with Crippen LogP contribution in [0.2, 0.25) is 0 Å². The maximum atomic E-state index is 12.4. The van der Waals surface area contributed by atoms with Crippen LogP contribution in [-0.4, -0.2) is 18.4 Å². The molecule has 1 heterocycles. The molecule has 1 aromatic heterocycles. The zero-order valence-corrected chi connectivity index (χ0v) is 14.6. The van der Waals surface area contributed by atoms with Gasteiger partial charge in [0.05, 0.1) is 10.3 Å². The van der Waals surface area contributed by atoms with Crippen molar-refractivity contribution in [1.29, 1.82) is 0 Å². The summed E-state index contributed by atoms with van der Waals surface area (Å²) < 4.78 is 0. The Morgan fingerprint density at radius 3 is 2.50 bits per heavy atom. The minimum Gasteiger partial charge on any atom is -0.355 e. The van der Waals surface area contributed by atoms with E-state index in [1.54, 1.807) is 6.07 Å². The lowest BCUT2D eigenvalue weighted by atomic mass is 9.94. The van der Waals surface area contributed by atoms with Crippen LogP contribution >= 0.6 is 11.3 Å². The summed E-state index contributed by atoms with van der Waals surface area (Å²) in [4.78, 5) is 25.2. The molecule has 1 saturated carbocycles. The highest BCUT2D eigenvalue weighted by Crippen LogP contribution is 2.48. The second-order valence-corrected chi connectivity index (χ2v) is 7.15. The number of hydrogen-bond acceptors (Lipinski definition) is 3. The molecule has 0 spiro atoms. The van der Waals surface area contributed by atoms with Crippen molar-refractivity contribution in [2.45, 2.75) is 38.0 Å². The number of carbonyl (C=O) groups is 2. The van der Waals surface area contributed by atoms with Gasteiger partial charge in [-0.15, -0.1) is 11.3 Å². The molecule has 3 rings (SSSR count). The van der Waals surface area contributed by atoms with Gasteiger partial charge in [-0.3, -0.25) is 9.59 Å². The molecule has 5 heteroatoms. The molecule has 0 radical (unpaired) electrons. The van der Waals surface area contributed by atoms with Crippen molar-refractivity contribution in [2.24, 2.45) is 0 Å². The molecule has 2 amide bonds. The normalized spacial score (nSPS) is 14.9. The molecule has 0 bridgehead atoms. The molecule has 0 aliphatic heterocycles. The molecule has 24 heavy (non-hydrogen) atoms. The topological polar surface area (TPSA) is 58.2 Å². The second kappa shape index (κ2) is 7.18. The Bertz CT molecular complexity index is 703. The first-order valence-corrected chi connectivity index (χ1v) is 9.27. The molecule has 2 N–H and O–H groups in total. The van der Waals surface area contributed by atoms with Gasteiger partial charge in [0.15, 0.2) is 0 Å². The number of amides is 2. The fourth-order valence-corrected chi connectivity index (χ4v) is 3.41. The first kappa shape index (κ1) is 16.7. The van der Waals surface area contributed by atoms with Crippen LogP contribution in [0.15, 0.2) is 41.8 Å². The van der Waals surface area contributed by atoms with Crippen LogP contribution in [-0.2, 0) is 10.2 Å². The highest BCUT2D eigenvalue weighted by molar-refractivity contribution is 7.12. The van der Waals surface area contributed by atoms with E-state index >= 15 is 0 Å². The summed E-state index contributed by atoms with van der Waals surface area (Å²) in [7, 11) is 0. The summed E-state index contributed by atoms with van der Waals surface area (Å²) in [5.41, 5.74) is 1.43. The zero-order chi connectivity index (χ0) is 17.0. The molecule has 2 aromatic rings. The number of thiophene rings is 1. The summed E-state index contributed by atoms with van der Waals surface area (Å²) in [6.07, 6.45) is 3.87. The molecule has 4 nitrogen and oxygen atoms in total. The van der Waals surface area contributed by atoms with E-state index < -0.39 is 0 Å². The largest absolute Gasteiger partial charge is 0.355 e. The van der Waals surface area contributed by atoms with Gasteiger partial charge in [-0.25, -0.2) is 0 Å². The lowest BCUT2D eigenvalue weighted by molar-refractivity contribution is -0.123. The van der Waals surface area contributed by atoms with Crippen LogP contribution in [0.1, 0.15) is 47.8 Å². The average molecular weight is 342 g/mol. The van der Waals surface area contributed by atoms with E-state index in [9.17, 15) is 9.59 Å². The highest BCUT2D eigenvalue weighted by Gasteiger charge is 2.50. The number of anilines is 1. The van der Waals surface area contributed by atoms with Gasteiger partial charge in [0.2, 0.25) is 5.91 Å². The van der Waals surface area contributed by atoms with Crippen molar-refractivity contribution in [1.82, 2.24) is 5.32 Å². The Kier molecular flexibility index (Phi) is 5.00. The van der Waals surface area contributed by atoms with Gasteiger partial charge in [-0.05, 0) is 48.4 Å². The first-order valence-electron chi connectivity index (χ1n) is 8.39. The van der Waals surface area contributed by atoms with Crippen molar-refractivity contribution < 1.29 is 9.59 Å². The molecule has 0 saturated heterocycles. The van der Waals surface area contributed by atoms with Crippen LogP contribution in [0.4, 0.5) is 5.69 Å². The van der Waals surface area contributed by atoms with Gasteiger partial charge in [-0.1, -0.05) is 31.5 Å². The quantitative estimate of drug-likeness (QED) is 0.749. The third-order valence-corrected chi connectivity index (χ3v) is 5.31. The van der Waals surface area contributed by atoms with Crippen molar-refractivity contribution in [2.75, 3.05) is 11.9 Å². The van der Waals surface area contributed by atoms with E-state index in [1.807, 2.05) is 35.7 Å². The summed E-state index contributed by atoms with van der Waals surface area (Å²) >= 11 is 1.42. The zero-order valence-electron chi connectivity index (χ0n) is 13.8. The monoisotopic (exact) mass is 342 g/mol. The van der Waals surface area contributed by atoms with E-state index in [2.05, 4.69) is 17.6 Å². The Balaban J connectivity index is 1.64. The van der Waals surface area contributed by atoms with Crippen LogP contribution < -0.4 is 10.6 Å².